The fraction of sp³-hybridized carbons (Fsp3) is 0.565. The molecule has 0 radical (unpaired) electrons. The van der Waals surface area contributed by atoms with Crippen LogP contribution in [0.5, 0.6) is 0 Å². The molecule has 1 aromatic carbocycles. The van der Waals surface area contributed by atoms with Gasteiger partial charge in [0.1, 0.15) is 0 Å². The van der Waals surface area contributed by atoms with Crippen molar-refractivity contribution in [3.63, 3.8) is 0 Å². The molecule has 172 valence electrons. The minimum atomic E-state index is -0.292. The molecule has 0 spiro atoms. The Morgan fingerprint density at radius 1 is 1.28 bits per heavy atom. The molecule has 9 heteroatoms. The Kier molecular flexibility index (Phi) is 6.85. The van der Waals surface area contributed by atoms with Gasteiger partial charge in [0.25, 0.3) is 11.8 Å². The van der Waals surface area contributed by atoms with E-state index in [4.69, 9.17) is 5.73 Å². The Hall–Kier alpha value is -2.01. The fourth-order valence-corrected chi connectivity index (χ4v) is 5.49. The van der Waals surface area contributed by atoms with Crippen molar-refractivity contribution in [2.24, 2.45) is 5.73 Å². The minimum absolute atomic E-state index is 0.00568. The smallest absolute Gasteiger partial charge is 0.292 e. The lowest BCUT2D eigenvalue weighted by molar-refractivity contribution is 0.0520. The van der Waals surface area contributed by atoms with E-state index in [-0.39, 0.29) is 41.0 Å². The maximum absolute atomic E-state index is 13.2. The second kappa shape index (κ2) is 9.46. The van der Waals surface area contributed by atoms with Gasteiger partial charge in [-0.1, -0.05) is 46.9 Å². The topological polar surface area (TPSA) is 106 Å². The van der Waals surface area contributed by atoms with Crippen LogP contribution in [0.15, 0.2) is 24.3 Å². The van der Waals surface area contributed by atoms with Gasteiger partial charge in [-0.25, -0.2) is 0 Å². The van der Waals surface area contributed by atoms with E-state index in [1.54, 1.807) is 4.57 Å². The molecule has 1 aromatic heterocycles. The number of alkyl halides is 1. The highest BCUT2D eigenvalue weighted by Gasteiger charge is 2.41. The van der Waals surface area contributed by atoms with Crippen molar-refractivity contribution in [1.29, 1.82) is 0 Å². The zero-order valence-corrected chi connectivity index (χ0v) is 20.8. The van der Waals surface area contributed by atoms with Crippen molar-refractivity contribution < 1.29 is 9.59 Å². The largest absolute Gasteiger partial charge is 0.347 e. The van der Waals surface area contributed by atoms with Crippen LogP contribution in [0, 0.1) is 0 Å². The standard InChI is InChI=1S/C23H31IN6O2/c1-15(2)26-21(31)19-27-28-20-22(32)29(10-11-30(19)20)18-6-8-23(14-25,9-7-18)17-5-3-4-16(12-17)13-24/h3-5,12,15,18H,6-11,13-14,25H2,1-2H3,(H,26,31). The summed E-state index contributed by atoms with van der Waals surface area (Å²) in [5, 5.41) is 10.9. The number of nitrogens with two attached hydrogens (primary N) is 1. The number of carbonyl (C=O) groups excluding carboxylic acids is 2. The summed E-state index contributed by atoms with van der Waals surface area (Å²) in [6, 6.07) is 8.92. The average Bonchev–Trinajstić information content (AvgIpc) is 3.24. The van der Waals surface area contributed by atoms with Gasteiger partial charge in [0, 0.05) is 41.6 Å². The number of halogens is 1. The summed E-state index contributed by atoms with van der Waals surface area (Å²) in [5.74, 6) is 0.0434. The molecule has 2 aromatic rings. The molecule has 1 fully saturated rings. The van der Waals surface area contributed by atoms with Crippen molar-refractivity contribution in [2.75, 3.05) is 13.1 Å². The first kappa shape index (κ1) is 23.2. The molecule has 1 aliphatic carbocycles. The Morgan fingerprint density at radius 2 is 2.03 bits per heavy atom. The molecule has 0 atom stereocenters. The number of fused-ring (bicyclic) bond motifs is 1. The predicted molar refractivity (Wildman–Crippen MR) is 131 cm³/mol. The maximum Gasteiger partial charge on any atom is 0.292 e. The molecular formula is C23H31IN6O2. The van der Waals surface area contributed by atoms with E-state index >= 15 is 0 Å². The third-order valence-corrected chi connectivity index (χ3v) is 7.71. The van der Waals surface area contributed by atoms with Crippen molar-refractivity contribution in [3.8, 4) is 0 Å². The highest BCUT2D eigenvalue weighted by molar-refractivity contribution is 14.1. The molecule has 4 rings (SSSR count). The lowest BCUT2D eigenvalue weighted by Crippen LogP contribution is -2.51. The molecule has 0 unspecified atom stereocenters. The third kappa shape index (κ3) is 4.28. The zero-order chi connectivity index (χ0) is 22.9. The first-order valence-corrected chi connectivity index (χ1v) is 12.8. The molecule has 2 amide bonds. The van der Waals surface area contributed by atoms with Gasteiger partial charge in [-0.15, -0.1) is 10.2 Å². The number of hydrogen-bond acceptors (Lipinski definition) is 5. The van der Waals surface area contributed by atoms with Gasteiger partial charge in [-0.2, -0.15) is 0 Å². The van der Waals surface area contributed by atoms with Crippen LogP contribution in [-0.4, -0.2) is 56.7 Å². The van der Waals surface area contributed by atoms with Crippen LogP contribution in [0.25, 0.3) is 0 Å². The van der Waals surface area contributed by atoms with E-state index in [1.165, 1.54) is 11.1 Å². The second-order valence-corrected chi connectivity index (χ2v) is 9.94. The van der Waals surface area contributed by atoms with Crippen molar-refractivity contribution >= 4 is 34.4 Å². The van der Waals surface area contributed by atoms with Crippen LogP contribution < -0.4 is 11.1 Å². The van der Waals surface area contributed by atoms with Crippen LogP contribution in [0.3, 0.4) is 0 Å². The molecule has 1 saturated carbocycles. The van der Waals surface area contributed by atoms with E-state index in [1.807, 2.05) is 18.7 Å². The minimum Gasteiger partial charge on any atom is -0.347 e. The summed E-state index contributed by atoms with van der Waals surface area (Å²) >= 11 is 2.39. The molecular weight excluding hydrogens is 519 g/mol. The summed E-state index contributed by atoms with van der Waals surface area (Å²) in [5.41, 5.74) is 8.91. The van der Waals surface area contributed by atoms with Crippen molar-refractivity contribution in [1.82, 2.24) is 25.0 Å². The molecule has 2 aliphatic rings. The number of nitrogens with one attached hydrogen (secondary N) is 1. The number of amides is 2. The van der Waals surface area contributed by atoms with E-state index < -0.39 is 0 Å². The van der Waals surface area contributed by atoms with Crippen LogP contribution in [0.4, 0.5) is 0 Å². The molecule has 1 aliphatic heterocycles. The second-order valence-electron chi connectivity index (χ2n) is 9.18. The van der Waals surface area contributed by atoms with Gasteiger partial charge < -0.3 is 16.0 Å². The Bertz CT molecular complexity index is 996. The van der Waals surface area contributed by atoms with Crippen LogP contribution in [-0.2, 0) is 16.4 Å². The molecule has 3 N–H and O–H groups in total. The molecule has 32 heavy (non-hydrogen) atoms. The SMILES string of the molecule is CC(C)NC(=O)c1nnc2n1CCN(C1CCC(CN)(c3cccc(CI)c3)CC1)C2=O. The molecule has 0 bridgehead atoms. The van der Waals surface area contributed by atoms with Gasteiger partial charge in [0.15, 0.2) is 0 Å². The van der Waals surface area contributed by atoms with Gasteiger partial charge in [-0.3, -0.25) is 14.2 Å². The summed E-state index contributed by atoms with van der Waals surface area (Å²) < 4.78 is 2.63. The molecule has 8 nitrogen and oxygen atoms in total. The van der Waals surface area contributed by atoms with Crippen molar-refractivity contribution in [2.45, 2.75) is 68.0 Å². The van der Waals surface area contributed by atoms with Gasteiger partial charge in [0.05, 0.1) is 0 Å². The Balaban J connectivity index is 1.47. The van der Waals surface area contributed by atoms with E-state index in [9.17, 15) is 9.59 Å². The number of aromatic nitrogens is 3. The summed E-state index contributed by atoms with van der Waals surface area (Å²) in [6.45, 7) is 5.49. The first-order chi connectivity index (χ1) is 15.4. The van der Waals surface area contributed by atoms with Crippen LogP contribution in [0.1, 0.15) is 71.9 Å². The number of benzene rings is 1. The molecule has 2 heterocycles. The van der Waals surface area contributed by atoms with E-state index in [0.717, 1.165) is 30.1 Å². The zero-order valence-electron chi connectivity index (χ0n) is 18.7. The molecule has 0 saturated heterocycles. The fourth-order valence-electron chi connectivity index (χ4n) is 5.02. The van der Waals surface area contributed by atoms with Gasteiger partial charge in [-0.05, 0) is 50.7 Å². The van der Waals surface area contributed by atoms with Gasteiger partial charge in [0.2, 0.25) is 11.6 Å². The maximum atomic E-state index is 13.2. The Morgan fingerprint density at radius 3 is 2.69 bits per heavy atom. The lowest BCUT2D eigenvalue weighted by Gasteiger charge is -2.44. The quantitative estimate of drug-likeness (QED) is 0.425. The van der Waals surface area contributed by atoms with Crippen LogP contribution >= 0.6 is 22.6 Å². The highest BCUT2D eigenvalue weighted by atomic mass is 127. The average molecular weight is 550 g/mol. The normalized spacial score (nSPS) is 23.3. The Labute approximate surface area is 202 Å². The van der Waals surface area contributed by atoms with Crippen molar-refractivity contribution in [3.05, 3.63) is 47.0 Å². The number of nitrogens with zero attached hydrogens (tertiary/aromatic N) is 4. The first-order valence-electron chi connectivity index (χ1n) is 11.3. The van der Waals surface area contributed by atoms with Gasteiger partial charge >= 0.3 is 0 Å². The summed E-state index contributed by atoms with van der Waals surface area (Å²) in [6.07, 6.45) is 3.73. The summed E-state index contributed by atoms with van der Waals surface area (Å²) in [7, 11) is 0. The monoisotopic (exact) mass is 550 g/mol. The number of carbonyl (C=O) groups is 2. The highest BCUT2D eigenvalue weighted by Crippen LogP contribution is 2.41. The number of rotatable bonds is 6. The predicted octanol–water partition coefficient (Wildman–Crippen LogP) is 2.65. The van der Waals surface area contributed by atoms with E-state index in [2.05, 4.69) is 62.4 Å². The lowest BCUT2D eigenvalue weighted by atomic mass is 9.67. The van der Waals surface area contributed by atoms with E-state index in [0.29, 0.717) is 19.6 Å². The summed E-state index contributed by atoms with van der Waals surface area (Å²) in [4.78, 5) is 27.5. The number of hydrogen-bond donors (Lipinski definition) is 2. The van der Waals surface area contributed by atoms with Crippen LogP contribution in [0.2, 0.25) is 0 Å². The third-order valence-electron chi connectivity index (χ3n) is 6.83.